The highest BCUT2D eigenvalue weighted by atomic mass is 35.5. The Morgan fingerprint density at radius 2 is 1.54 bits per heavy atom. The minimum absolute atomic E-state index is 0.108. The van der Waals surface area contributed by atoms with Crippen molar-refractivity contribution >= 4 is 34.8 Å². The lowest BCUT2D eigenvalue weighted by Crippen LogP contribution is -2.44. The molecule has 1 amide bonds. The van der Waals surface area contributed by atoms with Crippen molar-refractivity contribution < 1.29 is 19.1 Å². The first-order valence-corrected chi connectivity index (χ1v) is 14.8. The molecule has 216 valence electrons. The highest BCUT2D eigenvalue weighted by molar-refractivity contribution is 6.33. The minimum Gasteiger partial charge on any atom is -0.484 e. The molecule has 0 unspecified atom stereocenters. The van der Waals surface area contributed by atoms with Crippen molar-refractivity contribution in [1.82, 2.24) is 4.90 Å². The number of carbonyl (C=O) groups excluding carboxylic acids is 3. The van der Waals surface area contributed by atoms with Crippen molar-refractivity contribution in [3.63, 3.8) is 0 Å². The maximum atomic E-state index is 13.9. The average molecular weight is 575 g/mol. The normalized spacial score (nSPS) is 20.1. The van der Waals surface area contributed by atoms with Gasteiger partial charge >= 0.3 is 0 Å². The van der Waals surface area contributed by atoms with E-state index in [1.807, 2.05) is 18.2 Å². The highest BCUT2D eigenvalue weighted by Crippen LogP contribution is 2.54. The van der Waals surface area contributed by atoms with Gasteiger partial charge in [0.25, 0.3) is 5.91 Å². The second kappa shape index (κ2) is 11.1. The van der Waals surface area contributed by atoms with E-state index in [0.717, 1.165) is 53.9 Å². The fraction of sp³-hybridized carbons (Fsp3) is 0.441. The van der Waals surface area contributed by atoms with Crippen LogP contribution in [0.5, 0.6) is 5.75 Å². The third kappa shape index (κ3) is 5.99. The maximum absolute atomic E-state index is 13.9. The number of nitrogens with one attached hydrogen (secondary N) is 1. The summed E-state index contributed by atoms with van der Waals surface area (Å²) >= 11 is 6.17. The first-order chi connectivity index (χ1) is 19.4. The number of ketones is 2. The van der Waals surface area contributed by atoms with Crippen molar-refractivity contribution in [2.75, 3.05) is 18.5 Å². The molecule has 7 heteroatoms. The number of rotatable bonds is 7. The lowest BCUT2D eigenvalue weighted by molar-refractivity contribution is -0.120. The van der Waals surface area contributed by atoms with Gasteiger partial charge in [0.2, 0.25) is 0 Å². The molecule has 1 heterocycles. The number of carbonyl (C=O) groups is 3. The van der Waals surface area contributed by atoms with E-state index in [4.69, 9.17) is 16.3 Å². The van der Waals surface area contributed by atoms with E-state index in [1.54, 1.807) is 30.3 Å². The number of benzene rings is 2. The summed E-state index contributed by atoms with van der Waals surface area (Å²) < 4.78 is 5.90. The molecule has 2 aliphatic carbocycles. The Kier molecular flexibility index (Phi) is 7.90. The third-order valence-electron chi connectivity index (χ3n) is 8.18. The monoisotopic (exact) mass is 574 g/mol. The topological polar surface area (TPSA) is 75.7 Å². The number of Topliss-reactive ketones (excluding diaryl/α,β-unsaturated/α-hetero) is 2. The van der Waals surface area contributed by atoms with Gasteiger partial charge in [-0.1, -0.05) is 70.5 Å². The summed E-state index contributed by atoms with van der Waals surface area (Å²) in [6.45, 7) is 11.3. The van der Waals surface area contributed by atoms with Crippen molar-refractivity contribution in [1.29, 1.82) is 0 Å². The Labute approximate surface area is 247 Å². The predicted octanol–water partition coefficient (Wildman–Crippen LogP) is 7.45. The Morgan fingerprint density at radius 1 is 0.927 bits per heavy atom. The van der Waals surface area contributed by atoms with E-state index in [-0.39, 0.29) is 34.9 Å². The number of amides is 1. The number of para-hydroxylation sites is 1. The van der Waals surface area contributed by atoms with Crippen LogP contribution in [0.15, 0.2) is 71.1 Å². The summed E-state index contributed by atoms with van der Waals surface area (Å²) in [5, 5.41) is 3.22. The van der Waals surface area contributed by atoms with E-state index in [0.29, 0.717) is 29.3 Å². The number of halogens is 1. The zero-order chi connectivity index (χ0) is 29.5. The van der Waals surface area contributed by atoms with Crippen LogP contribution in [0.4, 0.5) is 5.69 Å². The Hall–Kier alpha value is -3.38. The van der Waals surface area contributed by atoms with Crippen molar-refractivity contribution in [2.45, 2.75) is 72.6 Å². The maximum Gasteiger partial charge on any atom is 0.262 e. The van der Waals surface area contributed by atoms with Crippen LogP contribution in [0.2, 0.25) is 5.02 Å². The van der Waals surface area contributed by atoms with Gasteiger partial charge in [0.15, 0.2) is 18.2 Å². The van der Waals surface area contributed by atoms with Crippen LogP contribution in [0.25, 0.3) is 0 Å². The summed E-state index contributed by atoms with van der Waals surface area (Å²) in [4.78, 5) is 42.7. The fourth-order valence-electron chi connectivity index (χ4n) is 6.56. The summed E-state index contributed by atoms with van der Waals surface area (Å²) in [7, 11) is 0. The number of allylic oxidation sites excluding steroid dienone is 4. The van der Waals surface area contributed by atoms with Crippen LogP contribution < -0.4 is 10.1 Å². The van der Waals surface area contributed by atoms with Gasteiger partial charge in [-0.3, -0.25) is 14.4 Å². The van der Waals surface area contributed by atoms with Gasteiger partial charge in [-0.25, -0.2) is 0 Å². The van der Waals surface area contributed by atoms with Crippen LogP contribution >= 0.6 is 11.6 Å². The molecular formula is C34H39ClN2O4. The number of ether oxygens (including phenoxy) is 1. The molecule has 6 nitrogen and oxygen atoms in total. The van der Waals surface area contributed by atoms with E-state index in [2.05, 4.69) is 44.8 Å². The molecule has 0 bridgehead atoms. The molecular weight excluding hydrogens is 536 g/mol. The fourth-order valence-corrected chi connectivity index (χ4v) is 6.74. The van der Waals surface area contributed by atoms with Gasteiger partial charge in [0.1, 0.15) is 5.75 Å². The molecule has 0 saturated heterocycles. The Bertz CT molecular complexity index is 1410. The molecule has 3 aliphatic rings. The number of hydrogen-bond donors (Lipinski definition) is 1. The van der Waals surface area contributed by atoms with E-state index < -0.39 is 5.92 Å². The molecule has 1 aliphatic heterocycles. The smallest absolute Gasteiger partial charge is 0.262 e. The zero-order valence-electron chi connectivity index (χ0n) is 24.6. The standard InChI is InChI=1S/C34H39ClN2O4/c1-6-14-37-25-16-33(2,3)18-27(38)31(25)30(32-26(37)17-34(4,5)19-28(32)39)21-10-9-11-22(15-21)41-20-29(40)36-24-13-8-7-12-23(24)35/h7-13,15,30H,6,14,16-20H2,1-5H3,(H,36,40). The summed E-state index contributed by atoms with van der Waals surface area (Å²) in [5.74, 6) is -0.0558. The van der Waals surface area contributed by atoms with Crippen molar-refractivity contribution in [3.8, 4) is 5.75 Å². The molecule has 41 heavy (non-hydrogen) atoms. The van der Waals surface area contributed by atoms with Crippen LogP contribution in [0.3, 0.4) is 0 Å². The van der Waals surface area contributed by atoms with Crippen LogP contribution in [-0.4, -0.2) is 35.5 Å². The molecule has 2 aromatic rings. The third-order valence-corrected chi connectivity index (χ3v) is 8.51. The molecule has 0 atom stereocenters. The predicted molar refractivity (Wildman–Crippen MR) is 162 cm³/mol. The van der Waals surface area contributed by atoms with E-state index in [1.165, 1.54) is 0 Å². The van der Waals surface area contributed by atoms with Crippen molar-refractivity contribution in [2.24, 2.45) is 10.8 Å². The average Bonchev–Trinajstić information content (AvgIpc) is 2.88. The van der Waals surface area contributed by atoms with Gasteiger partial charge < -0.3 is 15.0 Å². The number of anilines is 1. The Balaban J connectivity index is 1.52. The molecule has 0 saturated carbocycles. The highest BCUT2D eigenvalue weighted by Gasteiger charge is 2.48. The second-order valence-corrected chi connectivity index (χ2v) is 13.5. The van der Waals surface area contributed by atoms with Gasteiger partial charge in [-0.2, -0.15) is 0 Å². The lowest BCUT2D eigenvalue weighted by atomic mass is 9.63. The molecule has 0 radical (unpaired) electrons. The van der Waals surface area contributed by atoms with Gasteiger partial charge in [0.05, 0.1) is 10.7 Å². The molecule has 2 aromatic carbocycles. The second-order valence-electron chi connectivity index (χ2n) is 13.1. The van der Waals surface area contributed by atoms with E-state index >= 15 is 0 Å². The quantitative estimate of drug-likeness (QED) is 0.371. The first kappa shape index (κ1) is 29.1. The SMILES string of the molecule is CCCN1C2=C(C(=O)CC(C)(C)C2)C(c2cccc(OCC(=O)Nc3ccccc3Cl)c2)C2=C1CC(C)(C)CC2=O. The van der Waals surface area contributed by atoms with Crippen LogP contribution in [-0.2, 0) is 14.4 Å². The van der Waals surface area contributed by atoms with E-state index in [9.17, 15) is 14.4 Å². The van der Waals surface area contributed by atoms with Crippen LogP contribution in [0.1, 0.15) is 78.2 Å². The summed E-state index contributed by atoms with van der Waals surface area (Å²) in [6, 6.07) is 14.5. The zero-order valence-corrected chi connectivity index (χ0v) is 25.4. The van der Waals surface area contributed by atoms with Gasteiger partial charge in [0, 0.05) is 47.8 Å². The minimum atomic E-state index is -0.444. The molecule has 0 aromatic heterocycles. The number of nitrogens with zero attached hydrogens (tertiary/aromatic N) is 1. The largest absolute Gasteiger partial charge is 0.484 e. The Morgan fingerprint density at radius 3 is 2.12 bits per heavy atom. The first-order valence-electron chi connectivity index (χ1n) is 14.5. The molecule has 5 rings (SSSR count). The molecule has 0 spiro atoms. The molecule has 1 N–H and O–H groups in total. The van der Waals surface area contributed by atoms with Gasteiger partial charge in [-0.05, 0) is 59.9 Å². The summed E-state index contributed by atoms with van der Waals surface area (Å²) in [6.07, 6.45) is 3.38. The number of hydrogen-bond acceptors (Lipinski definition) is 5. The molecule has 0 fully saturated rings. The van der Waals surface area contributed by atoms with Gasteiger partial charge in [-0.15, -0.1) is 0 Å². The van der Waals surface area contributed by atoms with Crippen LogP contribution in [0, 0.1) is 10.8 Å². The summed E-state index contributed by atoms with van der Waals surface area (Å²) in [5.41, 5.74) is 4.67. The lowest BCUT2D eigenvalue weighted by Gasteiger charge is -2.49. The van der Waals surface area contributed by atoms with Crippen molar-refractivity contribution in [3.05, 3.63) is 81.7 Å².